The molecule has 0 bridgehead atoms. The summed E-state index contributed by atoms with van der Waals surface area (Å²) in [5.41, 5.74) is 2.35. The van der Waals surface area contributed by atoms with Gasteiger partial charge in [-0.3, -0.25) is 10.1 Å². The molecule has 0 fully saturated rings. The van der Waals surface area contributed by atoms with Crippen molar-refractivity contribution >= 4 is 39.7 Å². The van der Waals surface area contributed by atoms with Gasteiger partial charge in [-0.05, 0) is 23.8 Å². The highest BCUT2D eigenvalue weighted by molar-refractivity contribution is 7.17. The highest BCUT2D eigenvalue weighted by Gasteiger charge is 2.17. The number of carbonyl (C=O) groups excluding carboxylic acids is 1. The summed E-state index contributed by atoms with van der Waals surface area (Å²) in [6.07, 6.45) is 2.08. The third-order valence-electron chi connectivity index (χ3n) is 3.61. The molecule has 0 saturated heterocycles. The minimum absolute atomic E-state index is 0.0645. The van der Waals surface area contributed by atoms with Gasteiger partial charge in [0.05, 0.1) is 12.8 Å². The van der Waals surface area contributed by atoms with Gasteiger partial charge in [-0.25, -0.2) is 14.8 Å². The molecule has 0 unspecified atom stereocenters. The van der Waals surface area contributed by atoms with Crippen LogP contribution in [0.2, 0.25) is 0 Å². The number of aromatic nitrogens is 2. The Morgan fingerprint density at radius 2 is 2.20 bits per heavy atom. The van der Waals surface area contributed by atoms with E-state index in [4.69, 9.17) is 9.84 Å². The van der Waals surface area contributed by atoms with Crippen LogP contribution in [-0.4, -0.2) is 33.6 Å². The van der Waals surface area contributed by atoms with E-state index in [-0.39, 0.29) is 15.7 Å². The van der Waals surface area contributed by atoms with Gasteiger partial charge in [-0.15, -0.1) is 11.3 Å². The smallest absolute Gasteiger partial charge is 0.347 e. The van der Waals surface area contributed by atoms with Gasteiger partial charge >= 0.3 is 5.97 Å². The van der Waals surface area contributed by atoms with E-state index < -0.39 is 11.9 Å². The second-order valence-electron chi connectivity index (χ2n) is 5.25. The first-order valence-electron chi connectivity index (χ1n) is 7.32. The van der Waals surface area contributed by atoms with Gasteiger partial charge in [0.2, 0.25) is 0 Å². The van der Waals surface area contributed by atoms with E-state index in [1.165, 1.54) is 17.5 Å². The van der Waals surface area contributed by atoms with Crippen molar-refractivity contribution in [3.63, 3.8) is 0 Å². The normalized spacial score (nSPS) is 12.5. The largest absolute Gasteiger partial charge is 0.493 e. The van der Waals surface area contributed by atoms with Crippen LogP contribution >= 0.6 is 22.7 Å². The number of carbonyl (C=O) groups is 2. The second kappa shape index (κ2) is 6.26. The molecule has 2 N–H and O–H groups in total. The summed E-state index contributed by atoms with van der Waals surface area (Å²) in [7, 11) is 0. The molecule has 126 valence electrons. The quantitative estimate of drug-likeness (QED) is 0.728. The van der Waals surface area contributed by atoms with Gasteiger partial charge in [0.1, 0.15) is 21.3 Å². The third kappa shape index (κ3) is 3.11. The summed E-state index contributed by atoms with van der Waals surface area (Å²) in [6.45, 7) is 0.691. The van der Waals surface area contributed by atoms with Crippen LogP contribution in [0.3, 0.4) is 0 Å². The van der Waals surface area contributed by atoms with Crippen molar-refractivity contribution in [2.75, 3.05) is 11.9 Å². The fraction of sp³-hybridized carbons (Fsp3) is 0.125. The van der Waals surface area contributed by atoms with Crippen LogP contribution in [-0.2, 0) is 6.42 Å². The summed E-state index contributed by atoms with van der Waals surface area (Å²) in [5, 5.41) is 14.1. The maximum absolute atomic E-state index is 12.3. The number of carboxylic acid groups (broad SMARTS) is 1. The summed E-state index contributed by atoms with van der Waals surface area (Å²) < 4.78 is 5.49. The van der Waals surface area contributed by atoms with Crippen LogP contribution in [0.4, 0.5) is 5.13 Å². The second-order valence-corrected chi connectivity index (χ2v) is 7.14. The Balaban J connectivity index is 1.52. The monoisotopic (exact) mass is 373 g/mol. The number of amides is 1. The van der Waals surface area contributed by atoms with Gasteiger partial charge in [0.15, 0.2) is 5.13 Å². The van der Waals surface area contributed by atoms with E-state index in [0.717, 1.165) is 39.6 Å². The zero-order valence-corrected chi connectivity index (χ0v) is 14.3. The minimum Gasteiger partial charge on any atom is -0.493 e. The number of ether oxygens (including phenoxy) is 1. The number of nitrogens with one attached hydrogen (secondary N) is 1. The van der Waals surface area contributed by atoms with Crippen molar-refractivity contribution < 1.29 is 19.4 Å². The minimum atomic E-state index is -1.07. The van der Waals surface area contributed by atoms with Gasteiger partial charge in [0, 0.05) is 17.4 Å². The molecule has 0 atom stereocenters. The maximum Gasteiger partial charge on any atom is 0.347 e. The van der Waals surface area contributed by atoms with Gasteiger partial charge in [-0.2, -0.15) is 0 Å². The summed E-state index contributed by atoms with van der Waals surface area (Å²) in [6, 6.07) is 5.87. The van der Waals surface area contributed by atoms with Crippen LogP contribution in [0.1, 0.15) is 25.7 Å². The number of hydrogen-bond donors (Lipinski definition) is 2. The highest BCUT2D eigenvalue weighted by atomic mass is 32.1. The topological polar surface area (TPSA) is 101 Å². The van der Waals surface area contributed by atoms with Crippen molar-refractivity contribution in [2.24, 2.45) is 0 Å². The summed E-state index contributed by atoms with van der Waals surface area (Å²) >= 11 is 2.27. The standard InChI is InChI=1S/C16H11N3O4S2/c20-13(19-16-17-6-12(25-16)15(21)22)10-7-24-14(18-10)9-1-2-11-8(5-9)3-4-23-11/h1-2,5-7H,3-4H2,(H,21,22)(H,17,19,20). The number of anilines is 1. The molecule has 1 amide bonds. The molecule has 7 nitrogen and oxygen atoms in total. The first-order chi connectivity index (χ1) is 12.1. The molecular formula is C16H11N3O4S2. The van der Waals surface area contributed by atoms with Crippen LogP contribution in [0, 0.1) is 0 Å². The number of thiazole rings is 2. The molecule has 1 aliphatic rings. The van der Waals surface area contributed by atoms with E-state index in [1.807, 2.05) is 18.2 Å². The molecule has 3 aromatic rings. The Morgan fingerprint density at radius 3 is 3.00 bits per heavy atom. The molecule has 25 heavy (non-hydrogen) atoms. The fourth-order valence-corrected chi connectivity index (χ4v) is 3.87. The highest BCUT2D eigenvalue weighted by Crippen LogP contribution is 2.32. The Morgan fingerprint density at radius 1 is 1.32 bits per heavy atom. The van der Waals surface area contributed by atoms with Gasteiger partial charge < -0.3 is 9.84 Å². The Kier molecular flexibility index (Phi) is 3.94. The molecular weight excluding hydrogens is 362 g/mol. The van der Waals surface area contributed by atoms with Gasteiger partial charge in [0.25, 0.3) is 5.91 Å². The van der Waals surface area contributed by atoms with Crippen LogP contribution in [0.5, 0.6) is 5.75 Å². The van der Waals surface area contributed by atoms with E-state index in [2.05, 4.69) is 15.3 Å². The van der Waals surface area contributed by atoms with Crippen molar-refractivity contribution in [1.29, 1.82) is 0 Å². The first kappa shape index (κ1) is 15.7. The number of fused-ring (bicyclic) bond motifs is 1. The molecule has 4 rings (SSSR count). The number of hydrogen-bond acceptors (Lipinski definition) is 7. The molecule has 1 aromatic carbocycles. The lowest BCUT2D eigenvalue weighted by atomic mass is 10.1. The molecule has 0 saturated carbocycles. The predicted octanol–water partition coefficient (Wildman–Crippen LogP) is 3.15. The number of aromatic carboxylic acids is 1. The molecule has 0 spiro atoms. The SMILES string of the molecule is O=C(Nc1ncc(C(=O)O)s1)c1csc(-c2ccc3c(c2)CCO3)n1. The Bertz CT molecular complexity index is 979. The van der Waals surface area contributed by atoms with E-state index in [1.54, 1.807) is 5.38 Å². The molecule has 9 heteroatoms. The molecule has 1 aliphatic heterocycles. The van der Waals surface area contributed by atoms with E-state index in [9.17, 15) is 9.59 Å². The number of carboxylic acids is 1. The predicted molar refractivity (Wildman–Crippen MR) is 93.8 cm³/mol. The number of rotatable bonds is 4. The van der Waals surface area contributed by atoms with Gasteiger partial charge in [-0.1, -0.05) is 11.3 Å². The lowest BCUT2D eigenvalue weighted by Crippen LogP contribution is -2.11. The molecule has 0 radical (unpaired) electrons. The van der Waals surface area contributed by atoms with E-state index in [0.29, 0.717) is 6.61 Å². The fourth-order valence-electron chi connectivity index (χ4n) is 2.42. The third-order valence-corrected chi connectivity index (χ3v) is 5.40. The number of benzene rings is 1. The molecule has 0 aliphatic carbocycles. The summed E-state index contributed by atoms with van der Waals surface area (Å²) in [5.74, 6) is -0.593. The van der Waals surface area contributed by atoms with Crippen LogP contribution < -0.4 is 10.1 Å². The lowest BCUT2D eigenvalue weighted by Gasteiger charge is -2.01. The first-order valence-corrected chi connectivity index (χ1v) is 9.02. The van der Waals surface area contributed by atoms with Crippen molar-refractivity contribution in [3.8, 4) is 16.3 Å². The Hall–Kier alpha value is -2.78. The zero-order valence-electron chi connectivity index (χ0n) is 12.7. The zero-order chi connectivity index (χ0) is 17.4. The van der Waals surface area contributed by atoms with Crippen LogP contribution in [0.15, 0.2) is 29.8 Å². The van der Waals surface area contributed by atoms with Crippen molar-refractivity contribution in [3.05, 3.63) is 45.9 Å². The molecule has 2 aromatic heterocycles. The maximum atomic E-state index is 12.3. The van der Waals surface area contributed by atoms with Crippen molar-refractivity contribution in [1.82, 2.24) is 9.97 Å². The average Bonchev–Trinajstić information content (AvgIpc) is 3.33. The summed E-state index contributed by atoms with van der Waals surface area (Å²) in [4.78, 5) is 31.4. The number of nitrogens with zero attached hydrogens (tertiary/aromatic N) is 2. The lowest BCUT2D eigenvalue weighted by molar-refractivity contribution is 0.0701. The average molecular weight is 373 g/mol. The van der Waals surface area contributed by atoms with Crippen LogP contribution in [0.25, 0.3) is 10.6 Å². The Labute approximate surface area is 150 Å². The molecule has 3 heterocycles. The van der Waals surface area contributed by atoms with Crippen molar-refractivity contribution in [2.45, 2.75) is 6.42 Å². The van der Waals surface area contributed by atoms with E-state index >= 15 is 0 Å².